The zero-order chi connectivity index (χ0) is 11.7. The van der Waals surface area contributed by atoms with E-state index in [1.807, 2.05) is 12.1 Å². The van der Waals surface area contributed by atoms with Crippen molar-refractivity contribution in [3.63, 3.8) is 0 Å². The van der Waals surface area contributed by atoms with Crippen molar-refractivity contribution in [2.45, 2.75) is 19.3 Å². The van der Waals surface area contributed by atoms with E-state index in [1.54, 1.807) is 0 Å². The lowest BCUT2D eigenvalue weighted by Crippen LogP contribution is -2.33. The smallest absolute Gasteiger partial charge is 0.0472 e. The van der Waals surface area contributed by atoms with Crippen LogP contribution in [-0.4, -0.2) is 26.3 Å². The number of hydrogen-bond donors (Lipinski definition) is 0. The maximum atomic E-state index is 6.05. The summed E-state index contributed by atoms with van der Waals surface area (Å²) in [4.78, 5) is 2.47. The van der Waals surface area contributed by atoms with Crippen LogP contribution in [0.3, 0.4) is 0 Å². The molecule has 0 unspecified atom stereocenters. The van der Waals surface area contributed by atoms with Gasteiger partial charge in [-0.3, -0.25) is 0 Å². The molecule has 2 aliphatic rings. The van der Waals surface area contributed by atoms with Crippen molar-refractivity contribution < 1.29 is 4.74 Å². The van der Waals surface area contributed by atoms with Crippen molar-refractivity contribution in [2.24, 2.45) is 5.41 Å². The summed E-state index contributed by atoms with van der Waals surface area (Å²) in [5.74, 6) is 0. The largest absolute Gasteiger partial charge is 0.381 e. The minimum atomic E-state index is 0.501. The fourth-order valence-corrected chi connectivity index (χ4v) is 3.23. The minimum absolute atomic E-state index is 0.501. The number of hydrogen-bond acceptors (Lipinski definition) is 2. The van der Waals surface area contributed by atoms with Gasteiger partial charge in [-0.25, -0.2) is 0 Å². The molecular formula is C14H18ClNO. The Hall–Kier alpha value is -0.730. The van der Waals surface area contributed by atoms with Crippen molar-refractivity contribution in [3.8, 4) is 0 Å². The second-order valence-electron chi connectivity index (χ2n) is 5.26. The first-order valence-electron chi connectivity index (χ1n) is 6.36. The normalized spacial score (nSPS) is 23.2. The van der Waals surface area contributed by atoms with Gasteiger partial charge >= 0.3 is 0 Å². The molecule has 0 atom stereocenters. The molecule has 92 valence electrons. The number of rotatable bonds is 1. The molecule has 0 amide bonds. The first-order valence-corrected chi connectivity index (χ1v) is 6.74. The van der Waals surface area contributed by atoms with Crippen LogP contribution in [0.15, 0.2) is 24.3 Å². The van der Waals surface area contributed by atoms with Gasteiger partial charge in [-0.2, -0.15) is 0 Å². The predicted molar refractivity (Wildman–Crippen MR) is 70.8 cm³/mol. The molecule has 2 saturated heterocycles. The summed E-state index contributed by atoms with van der Waals surface area (Å²) in [6.45, 7) is 4.18. The van der Waals surface area contributed by atoms with Gasteiger partial charge in [-0.1, -0.05) is 17.7 Å². The molecule has 3 heteroatoms. The summed E-state index contributed by atoms with van der Waals surface area (Å²) in [5.41, 5.74) is 1.77. The van der Waals surface area contributed by atoms with Gasteiger partial charge in [0.15, 0.2) is 0 Å². The van der Waals surface area contributed by atoms with E-state index in [4.69, 9.17) is 16.3 Å². The molecule has 17 heavy (non-hydrogen) atoms. The van der Waals surface area contributed by atoms with Gasteiger partial charge in [0.1, 0.15) is 0 Å². The molecular weight excluding hydrogens is 234 g/mol. The van der Waals surface area contributed by atoms with Crippen LogP contribution in [-0.2, 0) is 4.74 Å². The van der Waals surface area contributed by atoms with Crippen molar-refractivity contribution in [1.82, 2.24) is 0 Å². The molecule has 2 heterocycles. The van der Waals surface area contributed by atoms with Crippen molar-refractivity contribution >= 4 is 17.3 Å². The third-order valence-electron chi connectivity index (χ3n) is 4.17. The van der Waals surface area contributed by atoms with Crippen LogP contribution >= 0.6 is 11.6 Å². The zero-order valence-electron chi connectivity index (χ0n) is 9.99. The van der Waals surface area contributed by atoms with Gasteiger partial charge in [0.2, 0.25) is 0 Å². The van der Waals surface area contributed by atoms with E-state index in [2.05, 4.69) is 17.0 Å². The molecule has 0 bridgehead atoms. The zero-order valence-corrected chi connectivity index (χ0v) is 10.7. The van der Waals surface area contributed by atoms with E-state index in [0.717, 1.165) is 31.3 Å². The summed E-state index contributed by atoms with van der Waals surface area (Å²) >= 11 is 6.05. The summed E-state index contributed by atoms with van der Waals surface area (Å²) in [5, 5.41) is 0.829. The van der Waals surface area contributed by atoms with Crippen LogP contribution in [0.25, 0.3) is 0 Å². The molecule has 1 aromatic carbocycles. The topological polar surface area (TPSA) is 12.5 Å². The van der Waals surface area contributed by atoms with Crippen LogP contribution in [0.1, 0.15) is 19.3 Å². The highest BCUT2D eigenvalue weighted by atomic mass is 35.5. The molecule has 1 spiro atoms. The number of anilines is 1. The van der Waals surface area contributed by atoms with Gasteiger partial charge in [0.05, 0.1) is 0 Å². The maximum absolute atomic E-state index is 6.05. The molecule has 1 aromatic rings. The predicted octanol–water partition coefficient (Wildman–Crippen LogP) is 3.35. The van der Waals surface area contributed by atoms with Gasteiger partial charge < -0.3 is 9.64 Å². The fraction of sp³-hybridized carbons (Fsp3) is 0.571. The Labute approximate surface area is 108 Å². The van der Waals surface area contributed by atoms with Crippen LogP contribution in [0, 0.1) is 5.41 Å². The van der Waals surface area contributed by atoms with Gasteiger partial charge in [-0.05, 0) is 42.9 Å². The highest BCUT2D eigenvalue weighted by molar-refractivity contribution is 6.30. The van der Waals surface area contributed by atoms with Gasteiger partial charge in [-0.15, -0.1) is 0 Å². The summed E-state index contributed by atoms with van der Waals surface area (Å²) in [6.07, 6.45) is 3.72. The summed E-state index contributed by atoms with van der Waals surface area (Å²) < 4.78 is 5.48. The van der Waals surface area contributed by atoms with E-state index in [9.17, 15) is 0 Å². The quantitative estimate of drug-likeness (QED) is 0.759. The lowest BCUT2D eigenvalue weighted by molar-refractivity contribution is 0.0254. The highest BCUT2D eigenvalue weighted by Crippen LogP contribution is 2.41. The lowest BCUT2D eigenvalue weighted by atomic mass is 9.80. The van der Waals surface area contributed by atoms with Crippen LogP contribution < -0.4 is 4.90 Å². The van der Waals surface area contributed by atoms with Gasteiger partial charge in [0.25, 0.3) is 0 Å². The summed E-state index contributed by atoms with van der Waals surface area (Å²) in [7, 11) is 0. The van der Waals surface area contributed by atoms with E-state index < -0.39 is 0 Å². The molecule has 0 aromatic heterocycles. The molecule has 2 fully saturated rings. The van der Waals surface area contributed by atoms with Crippen molar-refractivity contribution in [3.05, 3.63) is 29.3 Å². The lowest BCUT2D eigenvalue weighted by Gasteiger charge is -2.33. The fourth-order valence-electron chi connectivity index (χ4n) is 3.04. The number of nitrogens with zero attached hydrogens (tertiary/aromatic N) is 1. The Bertz CT molecular complexity index is 401. The third kappa shape index (κ3) is 2.29. The van der Waals surface area contributed by atoms with Crippen LogP contribution in [0.2, 0.25) is 5.02 Å². The third-order valence-corrected chi connectivity index (χ3v) is 4.40. The Morgan fingerprint density at radius 3 is 2.76 bits per heavy atom. The van der Waals surface area contributed by atoms with E-state index in [-0.39, 0.29) is 0 Å². The molecule has 0 saturated carbocycles. The Morgan fingerprint density at radius 2 is 2.00 bits per heavy atom. The first-order chi connectivity index (χ1) is 8.27. The number of halogens is 1. The highest BCUT2D eigenvalue weighted by Gasteiger charge is 2.39. The van der Waals surface area contributed by atoms with Crippen LogP contribution in [0.4, 0.5) is 5.69 Å². The molecule has 0 N–H and O–H groups in total. The SMILES string of the molecule is Clc1cccc(N2CCC3(CCOCC3)C2)c1. The molecule has 0 aliphatic carbocycles. The van der Waals surface area contributed by atoms with Crippen LogP contribution in [0.5, 0.6) is 0 Å². The van der Waals surface area contributed by atoms with E-state index in [1.165, 1.54) is 24.9 Å². The average Bonchev–Trinajstić information content (AvgIpc) is 2.74. The minimum Gasteiger partial charge on any atom is -0.381 e. The van der Waals surface area contributed by atoms with E-state index in [0.29, 0.717) is 5.41 Å². The average molecular weight is 252 g/mol. The molecule has 3 rings (SSSR count). The second-order valence-corrected chi connectivity index (χ2v) is 5.70. The number of ether oxygens (including phenoxy) is 1. The second kappa shape index (κ2) is 4.51. The van der Waals surface area contributed by atoms with Crippen molar-refractivity contribution in [2.75, 3.05) is 31.2 Å². The van der Waals surface area contributed by atoms with E-state index >= 15 is 0 Å². The first kappa shape index (κ1) is 11.4. The monoisotopic (exact) mass is 251 g/mol. The summed E-state index contributed by atoms with van der Waals surface area (Å²) in [6, 6.07) is 8.20. The number of benzene rings is 1. The van der Waals surface area contributed by atoms with Gasteiger partial charge in [0, 0.05) is 37.0 Å². The van der Waals surface area contributed by atoms with Crippen molar-refractivity contribution in [1.29, 1.82) is 0 Å². The Morgan fingerprint density at radius 1 is 1.18 bits per heavy atom. The molecule has 0 radical (unpaired) electrons. The molecule has 2 nitrogen and oxygen atoms in total. The maximum Gasteiger partial charge on any atom is 0.0472 e. The standard InChI is InChI=1S/C14H18ClNO/c15-12-2-1-3-13(10-12)16-7-4-14(11-16)5-8-17-9-6-14/h1-3,10H,4-9,11H2. The Kier molecular flexibility index (Phi) is 3.01. The molecule has 2 aliphatic heterocycles. The Balaban J connectivity index is 1.75.